The van der Waals surface area contributed by atoms with Crippen molar-refractivity contribution in [2.24, 2.45) is 0 Å². The van der Waals surface area contributed by atoms with Gasteiger partial charge in [0.2, 0.25) is 0 Å². The summed E-state index contributed by atoms with van der Waals surface area (Å²) in [6.45, 7) is 1.61. The van der Waals surface area contributed by atoms with Crippen LogP contribution in [0.2, 0.25) is 0 Å². The van der Waals surface area contributed by atoms with Gasteiger partial charge in [-0.3, -0.25) is 4.79 Å². The third-order valence-electron chi connectivity index (χ3n) is 2.33. The van der Waals surface area contributed by atoms with Crippen molar-refractivity contribution in [2.75, 3.05) is 21.3 Å². The topological polar surface area (TPSA) is 44.8 Å². The first-order valence-electron chi connectivity index (χ1n) is 5.03. The van der Waals surface area contributed by atoms with Crippen LogP contribution in [0.3, 0.4) is 0 Å². The summed E-state index contributed by atoms with van der Waals surface area (Å²) >= 11 is 5.78. The van der Waals surface area contributed by atoms with Crippen molar-refractivity contribution in [1.29, 1.82) is 0 Å². The molecule has 0 saturated heterocycles. The maximum atomic E-state index is 11.9. The average Bonchev–Trinajstić information content (AvgIpc) is 2.35. The van der Waals surface area contributed by atoms with Gasteiger partial charge < -0.3 is 14.2 Å². The number of alkyl halides is 1. The Kier molecular flexibility index (Phi) is 4.63. The smallest absolute Gasteiger partial charge is 0.184 e. The van der Waals surface area contributed by atoms with E-state index in [0.29, 0.717) is 22.8 Å². The van der Waals surface area contributed by atoms with Gasteiger partial charge in [-0.15, -0.1) is 11.6 Å². The Balaban J connectivity index is 3.33. The fourth-order valence-corrected chi connectivity index (χ4v) is 1.55. The van der Waals surface area contributed by atoms with E-state index in [2.05, 4.69) is 0 Å². The van der Waals surface area contributed by atoms with Crippen LogP contribution in [-0.2, 0) is 0 Å². The standard InChI is InChI=1S/C12H15ClO4/c1-7(13)12(14)8-5-10(16-3)11(17-4)6-9(8)15-2/h5-7H,1-4H3. The predicted molar refractivity (Wildman–Crippen MR) is 65.7 cm³/mol. The highest BCUT2D eigenvalue weighted by molar-refractivity contribution is 6.34. The van der Waals surface area contributed by atoms with Crippen molar-refractivity contribution < 1.29 is 19.0 Å². The number of ketones is 1. The number of Topliss-reactive ketones (excluding diaryl/α,β-unsaturated/α-hetero) is 1. The molecule has 0 aliphatic heterocycles. The van der Waals surface area contributed by atoms with Crippen LogP contribution in [0, 0.1) is 0 Å². The second-order valence-electron chi connectivity index (χ2n) is 3.39. The van der Waals surface area contributed by atoms with Crippen molar-refractivity contribution in [2.45, 2.75) is 12.3 Å². The Labute approximate surface area is 105 Å². The summed E-state index contributed by atoms with van der Waals surface area (Å²) < 4.78 is 15.4. The highest BCUT2D eigenvalue weighted by atomic mass is 35.5. The molecule has 0 fully saturated rings. The van der Waals surface area contributed by atoms with E-state index in [1.54, 1.807) is 19.1 Å². The van der Waals surface area contributed by atoms with Gasteiger partial charge >= 0.3 is 0 Å². The largest absolute Gasteiger partial charge is 0.496 e. The molecule has 0 aromatic heterocycles. The van der Waals surface area contributed by atoms with Crippen LogP contribution in [0.1, 0.15) is 17.3 Å². The highest BCUT2D eigenvalue weighted by Crippen LogP contribution is 2.35. The summed E-state index contributed by atoms with van der Waals surface area (Å²) in [5, 5.41) is -0.623. The molecule has 0 N–H and O–H groups in total. The zero-order valence-electron chi connectivity index (χ0n) is 10.2. The average molecular weight is 259 g/mol. The van der Waals surface area contributed by atoms with E-state index in [1.807, 2.05) is 0 Å². The van der Waals surface area contributed by atoms with Crippen LogP contribution >= 0.6 is 11.6 Å². The molecule has 0 bridgehead atoms. The number of methoxy groups -OCH3 is 3. The van der Waals surface area contributed by atoms with E-state index in [4.69, 9.17) is 25.8 Å². The van der Waals surface area contributed by atoms with Gasteiger partial charge in [0.05, 0.1) is 32.3 Å². The first kappa shape index (κ1) is 13.6. The molecule has 0 amide bonds. The van der Waals surface area contributed by atoms with Gasteiger partial charge in [0.15, 0.2) is 17.3 Å². The fraction of sp³-hybridized carbons (Fsp3) is 0.417. The molecule has 4 nitrogen and oxygen atoms in total. The van der Waals surface area contributed by atoms with Crippen LogP contribution in [0.5, 0.6) is 17.2 Å². The summed E-state index contributed by atoms with van der Waals surface area (Å²) in [5.74, 6) is 1.17. The fourth-order valence-electron chi connectivity index (χ4n) is 1.44. The van der Waals surface area contributed by atoms with Gasteiger partial charge in [-0.1, -0.05) is 0 Å². The SMILES string of the molecule is COc1cc(OC)c(C(=O)C(C)Cl)cc1OC. The second-order valence-corrected chi connectivity index (χ2v) is 4.04. The lowest BCUT2D eigenvalue weighted by atomic mass is 10.1. The maximum absolute atomic E-state index is 11.9. The monoisotopic (exact) mass is 258 g/mol. The van der Waals surface area contributed by atoms with Crippen LogP contribution in [0.25, 0.3) is 0 Å². The number of halogens is 1. The molecule has 0 spiro atoms. The van der Waals surface area contributed by atoms with Gasteiger partial charge in [0, 0.05) is 6.07 Å². The van der Waals surface area contributed by atoms with Crippen molar-refractivity contribution in [3.8, 4) is 17.2 Å². The molecule has 1 unspecified atom stereocenters. The number of carbonyl (C=O) groups is 1. The van der Waals surface area contributed by atoms with Gasteiger partial charge in [-0.05, 0) is 13.0 Å². The Morgan fingerprint density at radius 2 is 1.53 bits per heavy atom. The Morgan fingerprint density at radius 1 is 1.06 bits per heavy atom. The molecule has 1 aromatic carbocycles. The van der Waals surface area contributed by atoms with Crippen LogP contribution < -0.4 is 14.2 Å². The molecule has 0 aliphatic carbocycles. The van der Waals surface area contributed by atoms with Crippen molar-refractivity contribution in [3.63, 3.8) is 0 Å². The minimum absolute atomic E-state index is 0.218. The lowest BCUT2D eigenvalue weighted by Crippen LogP contribution is -2.12. The molecule has 0 radical (unpaired) electrons. The third kappa shape index (κ3) is 2.82. The molecule has 17 heavy (non-hydrogen) atoms. The minimum atomic E-state index is -0.623. The molecule has 5 heteroatoms. The van der Waals surface area contributed by atoms with Gasteiger partial charge in [0.25, 0.3) is 0 Å². The number of rotatable bonds is 5. The van der Waals surface area contributed by atoms with E-state index >= 15 is 0 Å². The number of carbonyl (C=O) groups excluding carboxylic acids is 1. The molecule has 1 aromatic rings. The van der Waals surface area contributed by atoms with Crippen LogP contribution in [0.15, 0.2) is 12.1 Å². The lowest BCUT2D eigenvalue weighted by Gasteiger charge is -2.13. The summed E-state index contributed by atoms with van der Waals surface area (Å²) in [5.41, 5.74) is 0.382. The summed E-state index contributed by atoms with van der Waals surface area (Å²) in [4.78, 5) is 11.9. The first-order chi connectivity index (χ1) is 8.04. The second kappa shape index (κ2) is 5.77. The highest BCUT2D eigenvalue weighted by Gasteiger charge is 2.20. The molecule has 0 aliphatic rings. The van der Waals surface area contributed by atoms with Crippen molar-refractivity contribution in [3.05, 3.63) is 17.7 Å². The normalized spacial score (nSPS) is 11.8. The van der Waals surface area contributed by atoms with E-state index in [1.165, 1.54) is 21.3 Å². The van der Waals surface area contributed by atoms with Crippen molar-refractivity contribution in [1.82, 2.24) is 0 Å². The van der Waals surface area contributed by atoms with Gasteiger partial charge in [-0.25, -0.2) is 0 Å². The number of benzene rings is 1. The maximum Gasteiger partial charge on any atom is 0.184 e. The molecule has 1 rings (SSSR count). The predicted octanol–water partition coefficient (Wildman–Crippen LogP) is 2.52. The minimum Gasteiger partial charge on any atom is -0.496 e. The molecular formula is C12H15ClO4. The van der Waals surface area contributed by atoms with Gasteiger partial charge in [0.1, 0.15) is 5.75 Å². The van der Waals surface area contributed by atoms with Crippen molar-refractivity contribution >= 4 is 17.4 Å². The summed E-state index contributed by atoms with van der Waals surface area (Å²) in [6.07, 6.45) is 0. The van der Waals surface area contributed by atoms with E-state index in [9.17, 15) is 4.79 Å². The molecular weight excluding hydrogens is 244 g/mol. The molecule has 1 atom stereocenters. The zero-order valence-corrected chi connectivity index (χ0v) is 11.0. The van der Waals surface area contributed by atoms with Crippen LogP contribution in [0.4, 0.5) is 0 Å². The Morgan fingerprint density at radius 3 is 1.94 bits per heavy atom. The number of hydrogen-bond donors (Lipinski definition) is 0. The van der Waals surface area contributed by atoms with Crippen LogP contribution in [-0.4, -0.2) is 32.5 Å². The lowest BCUT2D eigenvalue weighted by molar-refractivity contribution is 0.0988. The molecule has 0 heterocycles. The molecule has 94 valence electrons. The number of ether oxygens (including phenoxy) is 3. The zero-order chi connectivity index (χ0) is 13.0. The van der Waals surface area contributed by atoms with Gasteiger partial charge in [-0.2, -0.15) is 0 Å². The Hall–Kier alpha value is -1.42. The summed E-state index contributed by atoms with van der Waals surface area (Å²) in [7, 11) is 4.50. The van der Waals surface area contributed by atoms with E-state index < -0.39 is 5.38 Å². The quantitative estimate of drug-likeness (QED) is 0.601. The number of hydrogen-bond acceptors (Lipinski definition) is 4. The first-order valence-corrected chi connectivity index (χ1v) is 5.47. The molecule has 0 saturated carbocycles. The Bertz CT molecular complexity index is 415. The third-order valence-corrected chi connectivity index (χ3v) is 2.53. The van der Waals surface area contributed by atoms with E-state index in [-0.39, 0.29) is 5.78 Å². The summed E-state index contributed by atoms with van der Waals surface area (Å²) in [6, 6.07) is 3.17. The van der Waals surface area contributed by atoms with E-state index in [0.717, 1.165) is 0 Å².